The minimum Gasteiger partial charge on any atom is -0.464 e. The molecule has 0 radical (unpaired) electrons. The lowest BCUT2D eigenvalue weighted by atomic mass is 10.1. The van der Waals surface area contributed by atoms with Crippen LogP contribution >= 0.6 is 0 Å². The van der Waals surface area contributed by atoms with Crippen molar-refractivity contribution in [3.05, 3.63) is 115 Å². The van der Waals surface area contributed by atoms with Gasteiger partial charge in [-0.1, -0.05) is 66.7 Å². The maximum Gasteiger partial charge on any atom is 0.196 e. The van der Waals surface area contributed by atoms with Crippen molar-refractivity contribution in [1.82, 2.24) is 14.5 Å². The van der Waals surface area contributed by atoms with Gasteiger partial charge in [0.1, 0.15) is 0 Å². The van der Waals surface area contributed by atoms with E-state index in [4.69, 9.17) is 9.72 Å². The van der Waals surface area contributed by atoms with E-state index in [-0.39, 0.29) is 6.23 Å². The molecule has 1 aliphatic rings. The molecule has 5 nitrogen and oxygen atoms in total. The molecule has 1 aliphatic heterocycles. The molecule has 4 aromatic carbocycles. The van der Waals surface area contributed by atoms with Crippen LogP contribution in [-0.4, -0.2) is 14.5 Å². The Morgan fingerprint density at radius 3 is 2.50 bits per heavy atom. The van der Waals surface area contributed by atoms with Crippen LogP contribution in [0.4, 0.5) is 5.69 Å². The fraction of sp³-hybridized carbons (Fsp3) is 0.0323. The number of nitrogens with zero attached hydrogens (tertiary/aromatic N) is 3. The van der Waals surface area contributed by atoms with Gasteiger partial charge in [-0.25, -0.2) is 0 Å². The summed E-state index contributed by atoms with van der Waals surface area (Å²) in [6.07, 6.45) is 3.56. The van der Waals surface area contributed by atoms with Crippen LogP contribution in [-0.2, 0) is 0 Å². The van der Waals surface area contributed by atoms with Crippen LogP contribution in [0, 0.1) is 0 Å². The van der Waals surface area contributed by atoms with E-state index in [1.165, 1.54) is 0 Å². The minimum absolute atomic E-state index is 0.211. The van der Waals surface area contributed by atoms with Crippen LogP contribution < -0.4 is 10.1 Å². The number of nitrogens with one attached hydrogen (secondary N) is 1. The first-order valence-electron chi connectivity index (χ1n) is 12.0. The van der Waals surface area contributed by atoms with Crippen LogP contribution in [0.2, 0.25) is 0 Å². The normalized spacial score (nSPS) is 14.8. The molecule has 0 aliphatic carbocycles. The Bertz CT molecular complexity index is 1960. The average molecular weight is 465 g/mol. The standard InChI is InChI=1S/C31H20N4O/c1-2-7-20(8-3-1)31-34-24-14-15-26-27(30(24)36-31)23-10-4-5-11-25(23)35(26)22-17-21-13-12-19-9-6-16-32-28(19)29(21)33-18-22/h1-18,31,34H. The summed E-state index contributed by atoms with van der Waals surface area (Å²) in [5.41, 5.74) is 7.16. The molecule has 1 atom stereocenters. The summed E-state index contributed by atoms with van der Waals surface area (Å²) < 4.78 is 8.81. The molecule has 0 fully saturated rings. The first kappa shape index (κ1) is 19.4. The van der Waals surface area contributed by atoms with Gasteiger partial charge in [-0.05, 0) is 30.3 Å². The van der Waals surface area contributed by atoms with E-state index in [0.717, 1.165) is 66.3 Å². The molecule has 36 heavy (non-hydrogen) atoms. The Kier molecular flexibility index (Phi) is 3.93. The fourth-order valence-corrected chi connectivity index (χ4v) is 5.46. The minimum atomic E-state index is -0.211. The molecule has 0 bridgehead atoms. The van der Waals surface area contributed by atoms with Crippen molar-refractivity contribution < 1.29 is 4.74 Å². The maximum atomic E-state index is 6.53. The van der Waals surface area contributed by atoms with Crippen LogP contribution in [0.15, 0.2) is 109 Å². The third kappa shape index (κ3) is 2.71. The highest BCUT2D eigenvalue weighted by Crippen LogP contribution is 2.47. The first-order valence-corrected chi connectivity index (χ1v) is 12.0. The molecule has 1 N–H and O–H groups in total. The Labute approximate surface area is 206 Å². The third-order valence-electron chi connectivity index (χ3n) is 7.08. The molecule has 1 unspecified atom stereocenters. The maximum absolute atomic E-state index is 6.53. The molecule has 3 aromatic heterocycles. The number of pyridine rings is 2. The van der Waals surface area contributed by atoms with Crippen molar-refractivity contribution in [3.63, 3.8) is 0 Å². The Hall–Kier alpha value is -4.90. The number of benzene rings is 4. The largest absolute Gasteiger partial charge is 0.464 e. The summed E-state index contributed by atoms with van der Waals surface area (Å²) in [4.78, 5) is 9.46. The fourth-order valence-electron chi connectivity index (χ4n) is 5.46. The van der Waals surface area contributed by atoms with Gasteiger partial charge in [0.15, 0.2) is 12.0 Å². The number of rotatable bonds is 2. The van der Waals surface area contributed by atoms with Crippen molar-refractivity contribution in [3.8, 4) is 11.4 Å². The molecule has 0 spiro atoms. The van der Waals surface area contributed by atoms with Gasteiger partial charge in [0.2, 0.25) is 0 Å². The van der Waals surface area contributed by atoms with Crippen molar-refractivity contribution in [2.24, 2.45) is 0 Å². The van der Waals surface area contributed by atoms with E-state index < -0.39 is 0 Å². The molecular formula is C31H20N4O. The topological polar surface area (TPSA) is 52.0 Å². The Morgan fingerprint density at radius 1 is 0.722 bits per heavy atom. The molecule has 8 rings (SSSR count). The van der Waals surface area contributed by atoms with Crippen molar-refractivity contribution >= 4 is 49.3 Å². The summed E-state index contributed by atoms with van der Waals surface area (Å²) in [6.45, 7) is 0. The van der Waals surface area contributed by atoms with E-state index in [9.17, 15) is 0 Å². The second-order valence-corrected chi connectivity index (χ2v) is 9.15. The predicted octanol–water partition coefficient (Wildman–Crippen LogP) is 7.38. The quantitative estimate of drug-likeness (QED) is 0.271. The predicted molar refractivity (Wildman–Crippen MR) is 145 cm³/mol. The molecular weight excluding hydrogens is 444 g/mol. The van der Waals surface area contributed by atoms with Crippen LogP contribution in [0.5, 0.6) is 5.75 Å². The van der Waals surface area contributed by atoms with Gasteiger partial charge in [0.25, 0.3) is 0 Å². The second kappa shape index (κ2) is 7.30. The smallest absolute Gasteiger partial charge is 0.196 e. The molecule has 7 aromatic rings. The lowest BCUT2D eigenvalue weighted by Crippen LogP contribution is -2.09. The lowest BCUT2D eigenvalue weighted by Gasteiger charge is -2.11. The van der Waals surface area contributed by atoms with E-state index in [1.54, 1.807) is 0 Å². The van der Waals surface area contributed by atoms with Crippen molar-refractivity contribution in [1.29, 1.82) is 0 Å². The summed E-state index contributed by atoms with van der Waals surface area (Å²) >= 11 is 0. The number of hydrogen-bond acceptors (Lipinski definition) is 4. The van der Waals surface area contributed by atoms with Gasteiger partial charge in [0, 0.05) is 27.9 Å². The van der Waals surface area contributed by atoms with Gasteiger partial charge in [-0.3, -0.25) is 9.97 Å². The molecule has 170 valence electrons. The Morgan fingerprint density at radius 2 is 1.56 bits per heavy atom. The highest BCUT2D eigenvalue weighted by Gasteiger charge is 2.28. The monoisotopic (exact) mass is 464 g/mol. The zero-order chi connectivity index (χ0) is 23.6. The highest BCUT2D eigenvalue weighted by molar-refractivity contribution is 6.14. The number of ether oxygens (including phenoxy) is 1. The van der Waals surface area contributed by atoms with E-state index in [0.29, 0.717) is 0 Å². The SMILES string of the molecule is c1ccc(C2Nc3ccc4c(c3O2)c2ccccc2n4-c2cnc3c(ccc4cccnc43)c2)cc1. The highest BCUT2D eigenvalue weighted by atomic mass is 16.5. The van der Waals surface area contributed by atoms with Crippen LogP contribution in [0.3, 0.4) is 0 Å². The summed E-state index contributed by atoms with van der Waals surface area (Å²) in [7, 11) is 0. The molecule has 4 heterocycles. The van der Waals surface area contributed by atoms with Crippen molar-refractivity contribution in [2.45, 2.75) is 6.23 Å². The van der Waals surface area contributed by atoms with Gasteiger partial charge in [-0.2, -0.15) is 0 Å². The first-order chi connectivity index (χ1) is 17.8. The van der Waals surface area contributed by atoms with Gasteiger partial charge in [-0.15, -0.1) is 0 Å². The van der Waals surface area contributed by atoms with E-state index in [2.05, 4.69) is 87.7 Å². The number of anilines is 1. The third-order valence-corrected chi connectivity index (χ3v) is 7.08. The van der Waals surface area contributed by atoms with Crippen LogP contribution in [0.1, 0.15) is 11.8 Å². The average Bonchev–Trinajstić information content (AvgIpc) is 3.52. The lowest BCUT2D eigenvalue weighted by molar-refractivity contribution is 0.263. The number of hydrogen-bond donors (Lipinski definition) is 1. The number of fused-ring (bicyclic) bond motifs is 8. The van der Waals surface area contributed by atoms with Gasteiger partial charge in [0.05, 0.1) is 45.0 Å². The number of aromatic nitrogens is 3. The van der Waals surface area contributed by atoms with E-state index in [1.807, 2.05) is 36.7 Å². The van der Waals surface area contributed by atoms with E-state index >= 15 is 0 Å². The molecule has 0 saturated carbocycles. The zero-order valence-electron chi connectivity index (χ0n) is 19.2. The Balaban J connectivity index is 1.36. The van der Waals surface area contributed by atoms with Gasteiger partial charge >= 0.3 is 0 Å². The number of para-hydroxylation sites is 1. The molecule has 0 saturated heterocycles. The van der Waals surface area contributed by atoms with Gasteiger partial charge < -0.3 is 14.6 Å². The van der Waals surface area contributed by atoms with Crippen molar-refractivity contribution in [2.75, 3.05) is 5.32 Å². The second-order valence-electron chi connectivity index (χ2n) is 9.15. The summed E-state index contributed by atoms with van der Waals surface area (Å²) in [5.74, 6) is 0.889. The van der Waals surface area contributed by atoms with Crippen LogP contribution in [0.25, 0.3) is 49.3 Å². The molecule has 5 heteroatoms. The summed E-state index contributed by atoms with van der Waals surface area (Å²) in [5, 5.41) is 7.96. The summed E-state index contributed by atoms with van der Waals surface area (Å²) in [6, 6.07) is 33.5. The molecule has 0 amide bonds. The zero-order valence-corrected chi connectivity index (χ0v) is 19.2.